The van der Waals surface area contributed by atoms with Crippen LogP contribution in [0.25, 0.3) is 17.0 Å². The van der Waals surface area contributed by atoms with Gasteiger partial charge in [0, 0.05) is 43.9 Å². The molecule has 1 heterocycles. The Labute approximate surface area is 147 Å². The molecule has 25 heavy (non-hydrogen) atoms. The second-order valence-corrected chi connectivity index (χ2v) is 5.85. The maximum Gasteiger partial charge on any atom is 0.414 e. The van der Waals surface area contributed by atoms with Crippen molar-refractivity contribution in [3.63, 3.8) is 0 Å². The number of aryl methyl sites for hydroxylation is 1. The Morgan fingerprint density at radius 3 is 2.76 bits per heavy atom. The van der Waals surface area contributed by atoms with Crippen molar-refractivity contribution in [1.29, 1.82) is 0 Å². The van der Waals surface area contributed by atoms with Gasteiger partial charge < -0.3 is 18.9 Å². The van der Waals surface area contributed by atoms with Crippen molar-refractivity contribution in [3.8, 4) is 5.75 Å². The van der Waals surface area contributed by atoms with Crippen LogP contribution < -0.4 is 4.74 Å². The van der Waals surface area contributed by atoms with Crippen LogP contribution in [-0.4, -0.2) is 42.2 Å². The number of rotatable bonds is 6. The molecular formula is C19H24N2O4. The Morgan fingerprint density at radius 2 is 2.08 bits per heavy atom. The standard InChI is InChI=1S/C19H24N2O4/c1-5-6-12-20(2)19(23)25-16-9-7-8-15-18(16)14(13-21(15)3)10-11-17(22)24-4/h7-11,13H,5-6,12H2,1-4H3. The number of ether oxygens (including phenoxy) is 2. The van der Waals surface area contributed by atoms with Gasteiger partial charge in [-0.3, -0.25) is 0 Å². The molecule has 0 spiro atoms. The molecule has 0 N–H and O–H groups in total. The summed E-state index contributed by atoms with van der Waals surface area (Å²) in [4.78, 5) is 25.2. The van der Waals surface area contributed by atoms with E-state index in [0.717, 1.165) is 29.3 Å². The van der Waals surface area contributed by atoms with E-state index in [9.17, 15) is 9.59 Å². The minimum atomic E-state index is -0.439. The summed E-state index contributed by atoms with van der Waals surface area (Å²) < 4.78 is 12.1. The molecule has 0 aliphatic carbocycles. The largest absolute Gasteiger partial charge is 0.466 e. The first-order chi connectivity index (χ1) is 12.0. The van der Waals surface area contributed by atoms with Crippen LogP contribution >= 0.6 is 0 Å². The molecule has 0 fully saturated rings. The molecule has 6 nitrogen and oxygen atoms in total. The highest BCUT2D eigenvalue weighted by atomic mass is 16.6. The molecule has 134 valence electrons. The third-order valence-corrected chi connectivity index (χ3v) is 3.96. The highest BCUT2D eigenvalue weighted by Gasteiger charge is 2.16. The number of benzene rings is 1. The number of carbonyl (C=O) groups excluding carboxylic acids is 2. The smallest absolute Gasteiger partial charge is 0.414 e. The summed E-state index contributed by atoms with van der Waals surface area (Å²) in [6, 6.07) is 5.52. The second kappa shape index (κ2) is 8.37. The van der Waals surface area contributed by atoms with Crippen molar-refractivity contribution in [1.82, 2.24) is 9.47 Å². The summed E-state index contributed by atoms with van der Waals surface area (Å²) in [5.74, 6) is 0.0294. The fraction of sp³-hybridized carbons (Fsp3) is 0.368. The molecular weight excluding hydrogens is 320 g/mol. The molecule has 0 saturated heterocycles. The van der Waals surface area contributed by atoms with E-state index in [0.29, 0.717) is 12.3 Å². The molecule has 0 bridgehead atoms. The van der Waals surface area contributed by atoms with Gasteiger partial charge in [-0.05, 0) is 24.6 Å². The highest BCUT2D eigenvalue weighted by molar-refractivity contribution is 5.98. The van der Waals surface area contributed by atoms with Crippen LogP contribution in [-0.2, 0) is 16.6 Å². The van der Waals surface area contributed by atoms with Gasteiger partial charge in [-0.2, -0.15) is 0 Å². The summed E-state index contributed by atoms with van der Waals surface area (Å²) in [6.07, 6.45) is 6.42. The Morgan fingerprint density at radius 1 is 1.32 bits per heavy atom. The normalized spacial score (nSPS) is 11.0. The number of methoxy groups -OCH3 is 1. The number of aromatic nitrogens is 1. The van der Waals surface area contributed by atoms with Crippen LogP contribution in [0.5, 0.6) is 5.75 Å². The Bertz CT molecular complexity index is 792. The number of carbonyl (C=O) groups is 2. The Hall–Kier alpha value is -2.76. The van der Waals surface area contributed by atoms with Crippen LogP contribution in [0.3, 0.4) is 0 Å². The van der Waals surface area contributed by atoms with Crippen LogP contribution in [0, 0.1) is 0 Å². The predicted molar refractivity (Wildman–Crippen MR) is 97.5 cm³/mol. The van der Waals surface area contributed by atoms with Gasteiger partial charge in [0.15, 0.2) is 0 Å². The topological polar surface area (TPSA) is 60.8 Å². The van der Waals surface area contributed by atoms with Gasteiger partial charge in [-0.25, -0.2) is 9.59 Å². The minimum absolute atomic E-state index is 0.396. The maximum absolute atomic E-state index is 12.3. The lowest BCUT2D eigenvalue weighted by atomic mass is 10.1. The van der Waals surface area contributed by atoms with Crippen molar-refractivity contribution < 1.29 is 19.1 Å². The molecule has 2 rings (SSSR count). The fourth-order valence-corrected chi connectivity index (χ4v) is 2.54. The summed E-state index contributed by atoms with van der Waals surface area (Å²) in [6.45, 7) is 2.72. The van der Waals surface area contributed by atoms with E-state index in [1.165, 1.54) is 13.2 Å². The summed E-state index contributed by atoms with van der Waals surface area (Å²) in [5, 5.41) is 0.780. The molecule has 1 amide bonds. The average Bonchev–Trinajstić information content (AvgIpc) is 2.94. The molecule has 0 aliphatic rings. The molecule has 0 radical (unpaired) electrons. The van der Waals surface area contributed by atoms with Crippen LogP contribution in [0.15, 0.2) is 30.5 Å². The number of hydrogen-bond donors (Lipinski definition) is 0. The van der Waals surface area contributed by atoms with Crippen LogP contribution in [0.1, 0.15) is 25.3 Å². The fourth-order valence-electron chi connectivity index (χ4n) is 2.54. The van der Waals surface area contributed by atoms with E-state index in [1.807, 2.05) is 29.9 Å². The van der Waals surface area contributed by atoms with Gasteiger partial charge in [-0.15, -0.1) is 0 Å². The summed E-state index contributed by atoms with van der Waals surface area (Å²) in [5.41, 5.74) is 1.69. The molecule has 0 aliphatic heterocycles. The average molecular weight is 344 g/mol. The zero-order valence-electron chi connectivity index (χ0n) is 15.1. The molecule has 1 aromatic carbocycles. The number of esters is 1. The quantitative estimate of drug-likeness (QED) is 0.593. The van der Waals surface area contributed by atoms with E-state index in [1.54, 1.807) is 24.1 Å². The van der Waals surface area contributed by atoms with Gasteiger partial charge in [0.05, 0.1) is 12.6 Å². The number of amides is 1. The lowest BCUT2D eigenvalue weighted by molar-refractivity contribution is -0.134. The monoisotopic (exact) mass is 344 g/mol. The lowest BCUT2D eigenvalue weighted by Gasteiger charge is -2.16. The van der Waals surface area contributed by atoms with Crippen LogP contribution in [0.2, 0.25) is 0 Å². The summed E-state index contributed by atoms with van der Waals surface area (Å²) >= 11 is 0. The first-order valence-corrected chi connectivity index (χ1v) is 8.25. The van der Waals surface area contributed by atoms with Gasteiger partial charge >= 0.3 is 12.1 Å². The molecule has 0 atom stereocenters. The molecule has 0 unspecified atom stereocenters. The third kappa shape index (κ3) is 4.41. The van der Waals surface area contributed by atoms with Crippen molar-refractivity contribution in [2.24, 2.45) is 7.05 Å². The first-order valence-electron chi connectivity index (χ1n) is 8.25. The van der Waals surface area contributed by atoms with Crippen molar-refractivity contribution in [3.05, 3.63) is 36.0 Å². The Kier molecular flexibility index (Phi) is 6.22. The molecule has 1 aromatic heterocycles. The Balaban J connectivity index is 2.35. The number of nitrogens with zero attached hydrogens (tertiary/aromatic N) is 2. The van der Waals surface area contributed by atoms with E-state index < -0.39 is 12.1 Å². The summed E-state index contributed by atoms with van der Waals surface area (Å²) in [7, 11) is 4.95. The van der Waals surface area contributed by atoms with Gasteiger partial charge in [-0.1, -0.05) is 19.4 Å². The van der Waals surface area contributed by atoms with Gasteiger partial charge in [0.25, 0.3) is 0 Å². The zero-order chi connectivity index (χ0) is 18.4. The SMILES string of the molecule is CCCCN(C)C(=O)Oc1cccc2c1c(C=CC(=O)OC)cn2C. The van der Waals surface area contributed by atoms with E-state index >= 15 is 0 Å². The third-order valence-electron chi connectivity index (χ3n) is 3.96. The van der Waals surface area contributed by atoms with E-state index in [-0.39, 0.29) is 0 Å². The molecule has 6 heteroatoms. The first kappa shape index (κ1) is 18.6. The van der Waals surface area contributed by atoms with Gasteiger partial charge in [0.2, 0.25) is 0 Å². The molecule has 2 aromatic rings. The molecule has 0 saturated carbocycles. The number of hydrogen-bond acceptors (Lipinski definition) is 4. The van der Waals surface area contributed by atoms with Gasteiger partial charge in [0.1, 0.15) is 5.75 Å². The van der Waals surface area contributed by atoms with E-state index in [4.69, 9.17) is 4.74 Å². The predicted octanol–water partition coefficient (Wildman–Crippen LogP) is 3.60. The van der Waals surface area contributed by atoms with Crippen molar-refractivity contribution in [2.45, 2.75) is 19.8 Å². The number of unbranched alkanes of at least 4 members (excludes halogenated alkanes) is 1. The maximum atomic E-state index is 12.3. The highest BCUT2D eigenvalue weighted by Crippen LogP contribution is 2.31. The lowest BCUT2D eigenvalue weighted by Crippen LogP contribution is -2.30. The second-order valence-electron chi connectivity index (χ2n) is 5.85. The van der Waals surface area contributed by atoms with Crippen molar-refractivity contribution >= 4 is 29.0 Å². The van der Waals surface area contributed by atoms with E-state index in [2.05, 4.69) is 11.7 Å². The number of fused-ring (bicyclic) bond motifs is 1. The minimum Gasteiger partial charge on any atom is -0.466 e. The van der Waals surface area contributed by atoms with Crippen LogP contribution in [0.4, 0.5) is 4.79 Å². The zero-order valence-corrected chi connectivity index (χ0v) is 15.1. The van der Waals surface area contributed by atoms with Crippen molar-refractivity contribution in [2.75, 3.05) is 20.7 Å².